The van der Waals surface area contributed by atoms with Crippen molar-refractivity contribution in [3.63, 3.8) is 0 Å². The lowest BCUT2D eigenvalue weighted by atomic mass is 9.96. The number of benzene rings is 1. The third-order valence-electron chi connectivity index (χ3n) is 5.76. The van der Waals surface area contributed by atoms with Gasteiger partial charge in [-0.1, -0.05) is 28.1 Å². The van der Waals surface area contributed by atoms with Crippen molar-refractivity contribution < 1.29 is 32.6 Å². The van der Waals surface area contributed by atoms with Gasteiger partial charge in [0, 0.05) is 17.4 Å². The molecule has 7 nitrogen and oxygen atoms in total. The van der Waals surface area contributed by atoms with Crippen molar-refractivity contribution in [3.8, 4) is 0 Å². The summed E-state index contributed by atoms with van der Waals surface area (Å²) in [6, 6.07) is 5.33. The highest BCUT2D eigenvalue weighted by atomic mass is 79.9. The molecule has 0 spiro atoms. The normalized spacial score (nSPS) is 24.6. The van der Waals surface area contributed by atoms with Gasteiger partial charge in [0.05, 0.1) is 13.7 Å². The van der Waals surface area contributed by atoms with Crippen LogP contribution in [0.5, 0.6) is 0 Å². The largest absolute Gasteiger partial charge is 0.467 e. The molecule has 0 aliphatic carbocycles. The van der Waals surface area contributed by atoms with Gasteiger partial charge in [0.2, 0.25) is 5.91 Å². The Morgan fingerprint density at radius 2 is 1.76 bits per heavy atom. The Kier molecular flexibility index (Phi) is 7.36. The molecule has 2 heterocycles. The van der Waals surface area contributed by atoms with Crippen molar-refractivity contribution >= 4 is 33.9 Å². The number of amides is 2. The van der Waals surface area contributed by atoms with Gasteiger partial charge in [0.1, 0.15) is 17.7 Å². The molecule has 2 saturated heterocycles. The Balaban J connectivity index is 1.84. The van der Waals surface area contributed by atoms with Crippen molar-refractivity contribution in [1.29, 1.82) is 0 Å². The summed E-state index contributed by atoms with van der Waals surface area (Å²) in [6.45, 7) is 4.50. The Labute approximate surface area is 200 Å². The lowest BCUT2D eigenvalue weighted by Crippen LogP contribution is -2.52. The molecular weight excluding hydrogens is 502 g/mol. The van der Waals surface area contributed by atoms with E-state index in [9.17, 15) is 23.2 Å². The number of alkyl halides is 2. The summed E-state index contributed by atoms with van der Waals surface area (Å²) in [4.78, 5) is 40.6. The van der Waals surface area contributed by atoms with Crippen LogP contribution >= 0.6 is 15.9 Å². The number of halogens is 3. The zero-order chi connectivity index (χ0) is 24.6. The standard InChI is InChI=1S/C23H29BrF2N2O5/c1-22(2,3)33-21(31)27-12-15(9-14-5-7-16(24)8-6-14)10-17(27)19(29)28-13-23(25,26)11-18(28)20(30)32-4/h5-8,15,17-18H,9-13H2,1-4H3/t15-,17+,18?/m1/s1. The van der Waals surface area contributed by atoms with Gasteiger partial charge in [-0.05, 0) is 57.2 Å². The summed E-state index contributed by atoms with van der Waals surface area (Å²) in [6.07, 6.45) is -0.594. The SMILES string of the molecule is COC(=O)C1CC(F)(F)CN1C(=O)[C@@H]1C[C@@H](Cc2ccc(Br)cc2)CN1C(=O)OC(C)(C)C. The van der Waals surface area contributed by atoms with Crippen LogP contribution in [0.25, 0.3) is 0 Å². The average Bonchev–Trinajstić information content (AvgIpc) is 3.28. The minimum absolute atomic E-state index is 0.0765. The van der Waals surface area contributed by atoms with Crippen molar-refractivity contribution in [1.82, 2.24) is 9.80 Å². The van der Waals surface area contributed by atoms with Crippen molar-refractivity contribution in [3.05, 3.63) is 34.3 Å². The van der Waals surface area contributed by atoms with E-state index in [0.717, 1.165) is 22.0 Å². The summed E-state index contributed by atoms with van der Waals surface area (Å²) >= 11 is 3.39. The molecule has 0 bridgehead atoms. The molecule has 2 aliphatic rings. The smallest absolute Gasteiger partial charge is 0.410 e. The molecule has 0 aromatic heterocycles. The second-order valence-electron chi connectivity index (χ2n) is 9.65. The van der Waals surface area contributed by atoms with Crippen LogP contribution in [-0.4, -0.2) is 71.6 Å². The first-order valence-electron chi connectivity index (χ1n) is 10.8. The van der Waals surface area contributed by atoms with Gasteiger partial charge in [-0.25, -0.2) is 18.4 Å². The number of ether oxygens (including phenoxy) is 2. The van der Waals surface area contributed by atoms with E-state index in [-0.39, 0.29) is 18.9 Å². The zero-order valence-corrected chi connectivity index (χ0v) is 20.7. The third-order valence-corrected chi connectivity index (χ3v) is 6.29. The van der Waals surface area contributed by atoms with Gasteiger partial charge < -0.3 is 14.4 Å². The molecule has 33 heavy (non-hydrogen) atoms. The molecule has 182 valence electrons. The summed E-state index contributed by atoms with van der Waals surface area (Å²) in [5.41, 5.74) is 0.240. The summed E-state index contributed by atoms with van der Waals surface area (Å²) < 4.78 is 39.4. The number of hydrogen-bond acceptors (Lipinski definition) is 5. The van der Waals surface area contributed by atoms with Gasteiger partial charge in [0.25, 0.3) is 5.92 Å². The van der Waals surface area contributed by atoms with E-state index in [1.807, 2.05) is 24.3 Å². The molecule has 1 unspecified atom stereocenters. The van der Waals surface area contributed by atoms with E-state index in [4.69, 9.17) is 4.74 Å². The molecular formula is C23H29BrF2N2O5. The minimum atomic E-state index is -3.21. The molecule has 1 aromatic rings. The predicted molar refractivity (Wildman–Crippen MR) is 120 cm³/mol. The summed E-state index contributed by atoms with van der Waals surface area (Å²) in [5, 5.41) is 0. The van der Waals surface area contributed by atoms with E-state index in [2.05, 4.69) is 20.7 Å². The molecule has 2 amide bonds. The molecule has 0 saturated carbocycles. The number of carbonyl (C=O) groups excluding carboxylic acids is 3. The maximum Gasteiger partial charge on any atom is 0.410 e. The zero-order valence-electron chi connectivity index (χ0n) is 19.1. The predicted octanol–water partition coefficient (Wildman–Crippen LogP) is 4.03. The molecule has 2 fully saturated rings. The molecule has 3 rings (SSSR count). The third kappa shape index (κ3) is 6.22. The van der Waals surface area contributed by atoms with E-state index >= 15 is 0 Å². The van der Waals surface area contributed by atoms with Crippen LogP contribution in [0, 0.1) is 5.92 Å². The van der Waals surface area contributed by atoms with Gasteiger partial charge in [-0.15, -0.1) is 0 Å². The number of rotatable bonds is 4. The number of carbonyl (C=O) groups is 3. The number of likely N-dealkylation sites (tertiary alicyclic amines) is 2. The molecule has 2 aliphatic heterocycles. The van der Waals surface area contributed by atoms with Crippen LogP contribution in [0.15, 0.2) is 28.7 Å². The maximum absolute atomic E-state index is 14.2. The van der Waals surface area contributed by atoms with E-state index < -0.39 is 54.5 Å². The van der Waals surface area contributed by atoms with Crippen LogP contribution in [0.2, 0.25) is 0 Å². The second kappa shape index (κ2) is 9.56. The summed E-state index contributed by atoms with van der Waals surface area (Å²) in [5.74, 6) is -4.87. The fraction of sp³-hybridized carbons (Fsp3) is 0.609. The molecule has 1 aromatic carbocycles. The quantitative estimate of drug-likeness (QED) is 0.549. The first-order valence-corrected chi connectivity index (χ1v) is 11.6. The first kappa shape index (κ1) is 25.4. The number of esters is 1. The maximum atomic E-state index is 14.2. The Morgan fingerprint density at radius 1 is 1.12 bits per heavy atom. The van der Waals surface area contributed by atoms with E-state index in [1.54, 1.807) is 20.8 Å². The molecule has 0 radical (unpaired) electrons. The lowest BCUT2D eigenvalue weighted by molar-refractivity contribution is -0.152. The van der Waals surface area contributed by atoms with Gasteiger partial charge >= 0.3 is 12.1 Å². The number of hydrogen-bond donors (Lipinski definition) is 0. The highest BCUT2D eigenvalue weighted by Gasteiger charge is 2.53. The summed E-state index contributed by atoms with van der Waals surface area (Å²) in [7, 11) is 1.10. The fourth-order valence-corrected chi connectivity index (χ4v) is 4.63. The molecule has 0 N–H and O–H groups in total. The average molecular weight is 531 g/mol. The highest BCUT2D eigenvalue weighted by molar-refractivity contribution is 9.10. The monoisotopic (exact) mass is 530 g/mol. The number of nitrogens with zero attached hydrogens (tertiary/aromatic N) is 2. The van der Waals surface area contributed by atoms with Gasteiger partial charge in [0.15, 0.2) is 0 Å². The van der Waals surface area contributed by atoms with Crippen LogP contribution in [0.4, 0.5) is 13.6 Å². The van der Waals surface area contributed by atoms with Crippen molar-refractivity contribution in [2.75, 3.05) is 20.2 Å². The van der Waals surface area contributed by atoms with E-state index in [0.29, 0.717) is 6.42 Å². The van der Waals surface area contributed by atoms with Crippen LogP contribution in [0.3, 0.4) is 0 Å². The highest BCUT2D eigenvalue weighted by Crippen LogP contribution is 2.36. The Hall–Kier alpha value is -2.23. The van der Waals surface area contributed by atoms with E-state index in [1.165, 1.54) is 4.90 Å². The Morgan fingerprint density at radius 3 is 2.33 bits per heavy atom. The van der Waals surface area contributed by atoms with Crippen LogP contribution < -0.4 is 0 Å². The van der Waals surface area contributed by atoms with Crippen molar-refractivity contribution in [2.45, 2.75) is 63.6 Å². The van der Waals surface area contributed by atoms with Crippen LogP contribution in [-0.2, 0) is 25.5 Å². The molecule has 3 atom stereocenters. The minimum Gasteiger partial charge on any atom is -0.467 e. The molecule has 10 heteroatoms. The van der Waals surface area contributed by atoms with Gasteiger partial charge in [-0.3, -0.25) is 9.69 Å². The van der Waals surface area contributed by atoms with Gasteiger partial charge in [-0.2, -0.15) is 0 Å². The number of methoxy groups -OCH3 is 1. The van der Waals surface area contributed by atoms with Crippen molar-refractivity contribution in [2.24, 2.45) is 5.92 Å². The first-order chi connectivity index (χ1) is 15.3. The topological polar surface area (TPSA) is 76.2 Å². The lowest BCUT2D eigenvalue weighted by Gasteiger charge is -2.31. The van der Waals surface area contributed by atoms with Crippen LogP contribution in [0.1, 0.15) is 39.2 Å². The second-order valence-corrected chi connectivity index (χ2v) is 10.6. The fourth-order valence-electron chi connectivity index (χ4n) is 4.37. The Bertz CT molecular complexity index is 903.